The molecule has 0 bridgehead atoms. The monoisotopic (exact) mass is 287 g/mol. The number of furan rings is 1. The van der Waals surface area contributed by atoms with E-state index in [1.54, 1.807) is 17.6 Å². The van der Waals surface area contributed by atoms with Gasteiger partial charge in [0.15, 0.2) is 0 Å². The fraction of sp³-hybridized carbons (Fsp3) is 0.438. The maximum atomic E-state index is 12.7. The largest absolute Gasteiger partial charge is 0.469 e. The summed E-state index contributed by atoms with van der Waals surface area (Å²) in [5.41, 5.74) is 1.30. The third kappa shape index (κ3) is 1.99. The molecule has 1 aliphatic heterocycles. The van der Waals surface area contributed by atoms with Crippen LogP contribution in [0.15, 0.2) is 39.6 Å². The van der Waals surface area contributed by atoms with Crippen LogP contribution in [0.5, 0.6) is 0 Å². The molecule has 1 amide bonds. The van der Waals surface area contributed by atoms with Crippen LogP contribution in [0.4, 0.5) is 0 Å². The normalized spacial score (nSPS) is 28.8. The zero-order valence-corrected chi connectivity index (χ0v) is 12.0. The summed E-state index contributed by atoms with van der Waals surface area (Å²) in [4.78, 5) is 14.8. The third-order valence-electron chi connectivity index (χ3n) is 4.48. The average Bonchev–Trinajstić information content (AvgIpc) is 2.97. The predicted molar refractivity (Wildman–Crippen MR) is 77.6 cm³/mol. The molecular weight excluding hydrogens is 270 g/mol. The van der Waals surface area contributed by atoms with Crippen molar-refractivity contribution in [3.8, 4) is 0 Å². The van der Waals surface area contributed by atoms with E-state index in [1.165, 1.54) is 5.56 Å². The van der Waals surface area contributed by atoms with Crippen LogP contribution < -0.4 is 0 Å². The number of amides is 1. The van der Waals surface area contributed by atoms with Crippen molar-refractivity contribution < 1.29 is 9.21 Å². The van der Waals surface area contributed by atoms with Crippen molar-refractivity contribution in [1.82, 2.24) is 4.90 Å². The van der Waals surface area contributed by atoms with Gasteiger partial charge in [-0.3, -0.25) is 4.79 Å². The van der Waals surface area contributed by atoms with Gasteiger partial charge in [-0.25, -0.2) is 0 Å². The fourth-order valence-electron chi connectivity index (χ4n) is 3.34. The Bertz CT molecular complexity index is 590. The first-order chi connectivity index (χ1) is 9.84. The van der Waals surface area contributed by atoms with Crippen LogP contribution in [0, 0.1) is 5.92 Å². The van der Waals surface area contributed by atoms with Crippen molar-refractivity contribution in [1.29, 1.82) is 0 Å². The second-order valence-electron chi connectivity index (χ2n) is 5.71. The van der Waals surface area contributed by atoms with Crippen LogP contribution in [0.2, 0.25) is 0 Å². The molecule has 20 heavy (non-hydrogen) atoms. The van der Waals surface area contributed by atoms with Gasteiger partial charge in [-0.05, 0) is 53.8 Å². The van der Waals surface area contributed by atoms with Crippen molar-refractivity contribution in [3.05, 3.63) is 46.5 Å². The van der Waals surface area contributed by atoms with Crippen LogP contribution in [0.3, 0.4) is 0 Å². The van der Waals surface area contributed by atoms with E-state index in [0.29, 0.717) is 17.9 Å². The van der Waals surface area contributed by atoms with E-state index in [-0.39, 0.29) is 5.92 Å². The summed E-state index contributed by atoms with van der Waals surface area (Å²) in [5, 5.41) is 4.27. The molecule has 104 valence electrons. The molecule has 2 aliphatic rings. The van der Waals surface area contributed by atoms with Gasteiger partial charge in [0.25, 0.3) is 0 Å². The number of thiophene rings is 1. The zero-order chi connectivity index (χ0) is 13.5. The molecule has 3 heterocycles. The first kappa shape index (κ1) is 12.2. The lowest BCUT2D eigenvalue weighted by Crippen LogP contribution is -2.31. The molecule has 0 radical (unpaired) electrons. The van der Waals surface area contributed by atoms with Crippen LogP contribution in [0.25, 0.3) is 0 Å². The molecule has 0 spiro atoms. The molecule has 1 aliphatic carbocycles. The highest BCUT2D eigenvalue weighted by atomic mass is 32.1. The molecule has 4 rings (SSSR count). The van der Waals surface area contributed by atoms with Crippen LogP contribution in [-0.2, 0) is 4.79 Å². The summed E-state index contributed by atoms with van der Waals surface area (Å²) in [5.74, 6) is 1.73. The van der Waals surface area contributed by atoms with E-state index in [9.17, 15) is 4.79 Å². The summed E-state index contributed by atoms with van der Waals surface area (Å²) in [7, 11) is 0. The van der Waals surface area contributed by atoms with Gasteiger partial charge in [0.1, 0.15) is 5.76 Å². The lowest BCUT2D eigenvalue weighted by Gasteiger charge is -2.24. The van der Waals surface area contributed by atoms with Crippen LogP contribution in [-0.4, -0.2) is 17.4 Å². The van der Waals surface area contributed by atoms with E-state index in [4.69, 9.17) is 4.42 Å². The lowest BCUT2D eigenvalue weighted by molar-refractivity contribution is -0.133. The minimum Gasteiger partial charge on any atom is -0.469 e. The number of carbonyl (C=O) groups is 1. The first-order valence-electron chi connectivity index (χ1n) is 7.20. The van der Waals surface area contributed by atoms with E-state index in [2.05, 4.69) is 21.7 Å². The molecule has 1 saturated heterocycles. The standard InChI is InChI=1S/C16H17NO2S/c18-16(13-9-12(13)15-4-2-7-19-15)17-6-1-3-14(17)11-5-8-20-10-11/h2,4-5,7-8,10,12-14H,1,3,6,9H2/t12-,13-,14+/m1/s1. The quantitative estimate of drug-likeness (QED) is 0.860. The average molecular weight is 287 g/mol. The van der Waals surface area contributed by atoms with E-state index in [1.807, 2.05) is 12.1 Å². The Morgan fingerprint density at radius 1 is 1.40 bits per heavy atom. The number of carbonyl (C=O) groups excluding carboxylic acids is 1. The van der Waals surface area contributed by atoms with Crippen LogP contribution >= 0.6 is 11.3 Å². The van der Waals surface area contributed by atoms with Crippen molar-refractivity contribution in [2.24, 2.45) is 5.92 Å². The predicted octanol–water partition coefficient (Wildman–Crippen LogP) is 3.81. The van der Waals surface area contributed by atoms with Crippen molar-refractivity contribution in [2.75, 3.05) is 6.54 Å². The highest BCUT2D eigenvalue weighted by Gasteiger charge is 2.49. The Kier molecular flexibility index (Phi) is 2.91. The Morgan fingerprint density at radius 2 is 2.35 bits per heavy atom. The SMILES string of the molecule is O=C([C@@H]1C[C@H]1c1ccco1)N1CCC[C@H]1c1ccsc1. The van der Waals surface area contributed by atoms with E-state index in [0.717, 1.165) is 31.6 Å². The van der Waals surface area contributed by atoms with Gasteiger partial charge in [-0.15, -0.1) is 0 Å². The van der Waals surface area contributed by atoms with Crippen molar-refractivity contribution in [3.63, 3.8) is 0 Å². The Morgan fingerprint density at radius 3 is 3.10 bits per heavy atom. The summed E-state index contributed by atoms with van der Waals surface area (Å²) in [6, 6.07) is 6.33. The molecule has 0 aromatic carbocycles. The Labute approximate surface area is 122 Å². The number of hydrogen-bond donors (Lipinski definition) is 0. The molecule has 2 aromatic heterocycles. The molecule has 2 fully saturated rings. The van der Waals surface area contributed by atoms with Gasteiger partial charge in [-0.1, -0.05) is 0 Å². The number of hydrogen-bond acceptors (Lipinski definition) is 3. The molecular formula is C16H17NO2S. The van der Waals surface area contributed by atoms with E-state index < -0.39 is 0 Å². The topological polar surface area (TPSA) is 33.5 Å². The minimum absolute atomic E-state index is 0.139. The van der Waals surface area contributed by atoms with Crippen molar-refractivity contribution in [2.45, 2.75) is 31.2 Å². The Hall–Kier alpha value is -1.55. The summed E-state index contributed by atoms with van der Waals surface area (Å²) < 4.78 is 5.43. The second kappa shape index (κ2) is 4.77. The number of likely N-dealkylation sites (tertiary alicyclic amines) is 1. The number of nitrogens with zero attached hydrogens (tertiary/aromatic N) is 1. The third-order valence-corrected chi connectivity index (χ3v) is 5.18. The van der Waals surface area contributed by atoms with Gasteiger partial charge in [0, 0.05) is 18.4 Å². The smallest absolute Gasteiger partial charge is 0.226 e. The summed E-state index contributed by atoms with van der Waals surface area (Å²) in [6.07, 6.45) is 4.85. The fourth-order valence-corrected chi connectivity index (χ4v) is 4.05. The first-order valence-corrected chi connectivity index (χ1v) is 8.15. The Balaban J connectivity index is 1.49. The van der Waals surface area contributed by atoms with Gasteiger partial charge >= 0.3 is 0 Å². The molecule has 2 aromatic rings. The maximum Gasteiger partial charge on any atom is 0.226 e. The summed E-state index contributed by atoms with van der Waals surface area (Å²) in [6.45, 7) is 0.903. The second-order valence-corrected chi connectivity index (χ2v) is 6.49. The highest BCUT2D eigenvalue weighted by molar-refractivity contribution is 7.07. The maximum absolute atomic E-state index is 12.7. The lowest BCUT2D eigenvalue weighted by atomic mass is 10.1. The molecule has 1 saturated carbocycles. The zero-order valence-electron chi connectivity index (χ0n) is 11.2. The molecule has 3 nitrogen and oxygen atoms in total. The van der Waals surface area contributed by atoms with E-state index >= 15 is 0 Å². The molecule has 0 N–H and O–H groups in total. The molecule has 4 heteroatoms. The highest BCUT2D eigenvalue weighted by Crippen LogP contribution is 2.50. The van der Waals surface area contributed by atoms with Crippen LogP contribution in [0.1, 0.15) is 42.5 Å². The molecule has 0 unspecified atom stereocenters. The van der Waals surface area contributed by atoms with Gasteiger partial charge < -0.3 is 9.32 Å². The van der Waals surface area contributed by atoms with Gasteiger partial charge in [-0.2, -0.15) is 11.3 Å². The van der Waals surface area contributed by atoms with Crippen molar-refractivity contribution >= 4 is 17.2 Å². The summed E-state index contributed by atoms with van der Waals surface area (Å²) >= 11 is 1.71. The van der Waals surface area contributed by atoms with Gasteiger partial charge in [0.05, 0.1) is 12.3 Å². The van der Waals surface area contributed by atoms with Gasteiger partial charge in [0.2, 0.25) is 5.91 Å². The number of rotatable bonds is 3. The molecule has 3 atom stereocenters. The minimum atomic E-state index is 0.139.